The van der Waals surface area contributed by atoms with Gasteiger partial charge in [0.1, 0.15) is 0 Å². The fraction of sp³-hybridized carbons (Fsp3) is 0.533. The van der Waals surface area contributed by atoms with Gasteiger partial charge >= 0.3 is 0 Å². The quantitative estimate of drug-likeness (QED) is 0.904. The van der Waals surface area contributed by atoms with E-state index in [0.717, 1.165) is 32.8 Å². The molecule has 1 heterocycles. The molecule has 1 aromatic carbocycles. The molecule has 1 aliphatic rings. The number of morpholine rings is 1. The third-order valence-corrected chi connectivity index (χ3v) is 3.64. The average molecular weight is 297 g/mol. The van der Waals surface area contributed by atoms with Gasteiger partial charge in [0.25, 0.3) is 5.91 Å². The Morgan fingerprint density at radius 1 is 1.35 bits per heavy atom. The SMILES string of the molecule is CC(CNC(=O)c1ccc(Cl)cc1)CN1CCOCC1. The maximum atomic E-state index is 12.0. The van der Waals surface area contributed by atoms with E-state index in [1.165, 1.54) is 0 Å². The molecule has 0 saturated carbocycles. The van der Waals surface area contributed by atoms with Gasteiger partial charge in [-0.3, -0.25) is 9.69 Å². The molecule has 1 N–H and O–H groups in total. The lowest BCUT2D eigenvalue weighted by Gasteiger charge is -2.29. The number of ether oxygens (including phenoxy) is 1. The number of carbonyl (C=O) groups excluding carboxylic acids is 1. The first-order valence-electron chi connectivity index (χ1n) is 6.99. The van der Waals surface area contributed by atoms with Gasteiger partial charge in [-0.2, -0.15) is 0 Å². The molecule has 5 heteroatoms. The van der Waals surface area contributed by atoms with Gasteiger partial charge in [-0.05, 0) is 30.2 Å². The number of nitrogens with one attached hydrogen (secondary N) is 1. The van der Waals surface area contributed by atoms with Crippen LogP contribution >= 0.6 is 11.6 Å². The standard InChI is InChI=1S/C15H21ClN2O2/c1-12(11-18-6-8-20-9-7-18)10-17-15(19)13-2-4-14(16)5-3-13/h2-5,12H,6-11H2,1H3,(H,17,19). The number of benzene rings is 1. The molecule has 2 rings (SSSR count). The maximum Gasteiger partial charge on any atom is 0.251 e. The fourth-order valence-electron chi connectivity index (χ4n) is 2.26. The van der Waals surface area contributed by atoms with Gasteiger partial charge < -0.3 is 10.1 Å². The van der Waals surface area contributed by atoms with Crippen LogP contribution in [0.4, 0.5) is 0 Å². The summed E-state index contributed by atoms with van der Waals surface area (Å²) in [6, 6.07) is 6.94. The predicted octanol–water partition coefficient (Wildman–Crippen LogP) is 2.04. The second kappa shape index (κ2) is 7.62. The van der Waals surface area contributed by atoms with E-state index in [-0.39, 0.29) is 5.91 Å². The molecule has 4 nitrogen and oxygen atoms in total. The molecular formula is C15H21ClN2O2. The molecule has 1 saturated heterocycles. The monoisotopic (exact) mass is 296 g/mol. The summed E-state index contributed by atoms with van der Waals surface area (Å²) in [7, 11) is 0. The van der Waals surface area contributed by atoms with Gasteiger partial charge in [0.15, 0.2) is 0 Å². The van der Waals surface area contributed by atoms with E-state index >= 15 is 0 Å². The van der Waals surface area contributed by atoms with Gasteiger partial charge in [0.05, 0.1) is 13.2 Å². The number of carbonyl (C=O) groups is 1. The fourth-order valence-corrected chi connectivity index (χ4v) is 2.39. The lowest BCUT2D eigenvalue weighted by atomic mass is 10.1. The van der Waals surface area contributed by atoms with Crippen LogP contribution in [0.15, 0.2) is 24.3 Å². The number of halogens is 1. The molecule has 110 valence electrons. The molecule has 0 spiro atoms. The number of rotatable bonds is 5. The number of hydrogen-bond donors (Lipinski definition) is 1. The molecule has 0 radical (unpaired) electrons. The molecule has 1 aromatic rings. The van der Waals surface area contributed by atoms with Crippen molar-refractivity contribution >= 4 is 17.5 Å². The van der Waals surface area contributed by atoms with Crippen LogP contribution in [-0.2, 0) is 4.74 Å². The van der Waals surface area contributed by atoms with Gasteiger partial charge in [-0.15, -0.1) is 0 Å². The Labute approximate surface area is 125 Å². The molecule has 1 aliphatic heterocycles. The van der Waals surface area contributed by atoms with Crippen LogP contribution in [0.25, 0.3) is 0 Å². The van der Waals surface area contributed by atoms with Gasteiger partial charge in [0.2, 0.25) is 0 Å². The highest BCUT2D eigenvalue weighted by atomic mass is 35.5. The summed E-state index contributed by atoms with van der Waals surface area (Å²) < 4.78 is 5.32. The van der Waals surface area contributed by atoms with Crippen molar-refractivity contribution in [2.24, 2.45) is 5.92 Å². The zero-order valence-electron chi connectivity index (χ0n) is 11.8. The molecule has 0 aromatic heterocycles. The topological polar surface area (TPSA) is 41.6 Å². The van der Waals surface area contributed by atoms with E-state index in [1.54, 1.807) is 24.3 Å². The van der Waals surface area contributed by atoms with Crippen molar-refractivity contribution < 1.29 is 9.53 Å². The first kappa shape index (κ1) is 15.3. The van der Waals surface area contributed by atoms with Crippen molar-refractivity contribution in [3.8, 4) is 0 Å². The van der Waals surface area contributed by atoms with E-state index in [4.69, 9.17) is 16.3 Å². The van der Waals surface area contributed by atoms with Crippen molar-refractivity contribution in [3.63, 3.8) is 0 Å². The minimum Gasteiger partial charge on any atom is -0.379 e. The normalized spacial score (nSPS) is 17.7. The summed E-state index contributed by atoms with van der Waals surface area (Å²) in [5.74, 6) is 0.375. The second-order valence-corrected chi connectivity index (χ2v) is 5.67. The smallest absolute Gasteiger partial charge is 0.251 e. The minimum atomic E-state index is -0.0458. The van der Waals surface area contributed by atoms with Crippen LogP contribution in [-0.4, -0.2) is 50.2 Å². The third-order valence-electron chi connectivity index (χ3n) is 3.39. The molecule has 0 aliphatic carbocycles. The summed E-state index contributed by atoms with van der Waals surface area (Å²) in [5.41, 5.74) is 0.646. The van der Waals surface area contributed by atoms with Gasteiger partial charge in [-0.1, -0.05) is 18.5 Å². The van der Waals surface area contributed by atoms with Crippen molar-refractivity contribution in [1.82, 2.24) is 10.2 Å². The molecular weight excluding hydrogens is 276 g/mol. The van der Waals surface area contributed by atoms with Crippen molar-refractivity contribution in [2.75, 3.05) is 39.4 Å². The molecule has 0 bridgehead atoms. The number of amides is 1. The molecule has 1 unspecified atom stereocenters. The highest BCUT2D eigenvalue weighted by Gasteiger charge is 2.14. The van der Waals surface area contributed by atoms with E-state index in [0.29, 0.717) is 23.0 Å². The molecule has 1 atom stereocenters. The predicted molar refractivity (Wildman–Crippen MR) is 80.2 cm³/mol. The van der Waals surface area contributed by atoms with Crippen LogP contribution in [0.2, 0.25) is 5.02 Å². The molecule has 20 heavy (non-hydrogen) atoms. The van der Waals surface area contributed by atoms with Crippen molar-refractivity contribution in [2.45, 2.75) is 6.92 Å². The summed E-state index contributed by atoms with van der Waals surface area (Å²) in [4.78, 5) is 14.3. The first-order chi connectivity index (χ1) is 9.65. The van der Waals surface area contributed by atoms with Crippen LogP contribution in [0, 0.1) is 5.92 Å². The first-order valence-corrected chi connectivity index (χ1v) is 7.37. The highest BCUT2D eigenvalue weighted by Crippen LogP contribution is 2.09. The number of nitrogens with zero attached hydrogens (tertiary/aromatic N) is 1. The number of hydrogen-bond acceptors (Lipinski definition) is 3. The zero-order chi connectivity index (χ0) is 14.4. The summed E-state index contributed by atoms with van der Waals surface area (Å²) in [5, 5.41) is 3.61. The Bertz CT molecular complexity index is 430. The minimum absolute atomic E-state index is 0.0458. The summed E-state index contributed by atoms with van der Waals surface area (Å²) in [6.45, 7) is 7.40. The Hall–Kier alpha value is -1.10. The highest BCUT2D eigenvalue weighted by molar-refractivity contribution is 6.30. The Morgan fingerprint density at radius 2 is 2.00 bits per heavy atom. The van der Waals surface area contributed by atoms with Crippen molar-refractivity contribution in [1.29, 1.82) is 0 Å². The van der Waals surface area contributed by atoms with E-state index < -0.39 is 0 Å². The van der Waals surface area contributed by atoms with E-state index in [1.807, 2.05) is 0 Å². The molecule has 1 amide bonds. The Morgan fingerprint density at radius 3 is 2.65 bits per heavy atom. The van der Waals surface area contributed by atoms with Crippen LogP contribution in [0.5, 0.6) is 0 Å². The van der Waals surface area contributed by atoms with Crippen molar-refractivity contribution in [3.05, 3.63) is 34.9 Å². The van der Waals surface area contributed by atoms with Crippen LogP contribution in [0.1, 0.15) is 17.3 Å². The average Bonchev–Trinajstić information content (AvgIpc) is 2.46. The van der Waals surface area contributed by atoms with Crippen LogP contribution in [0.3, 0.4) is 0 Å². The van der Waals surface area contributed by atoms with E-state index in [9.17, 15) is 4.79 Å². The van der Waals surface area contributed by atoms with E-state index in [2.05, 4.69) is 17.1 Å². The van der Waals surface area contributed by atoms with Gasteiger partial charge in [0, 0.05) is 36.8 Å². The van der Waals surface area contributed by atoms with Crippen LogP contribution < -0.4 is 5.32 Å². The largest absolute Gasteiger partial charge is 0.379 e. The zero-order valence-corrected chi connectivity index (χ0v) is 12.5. The Balaban J connectivity index is 1.73. The third kappa shape index (κ3) is 4.78. The Kier molecular flexibility index (Phi) is 5.83. The lowest BCUT2D eigenvalue weighted by molar-refractivity contribution is 0.0317. The maximum absolute atomic E-state index is 12.0. The lowest BCUT2D eigenvalue weighted by Crippen LogP contribution is -2.41. The van der Waals surface area contributed by atoms with Gasteiger partial charge in [-0.25, -0.2) is 0 Å². The molecule has 1 fully saturated rings. The summed E-state index contributed by atoms with van der Waals surface area (Å²) in [6.07, 6.45) is 0. The second-order valence-electron chi connectivity index (χ2n) is 5.24. The summed E-state index contributed by atoms with van der Waals surface area (Å²) >= 11 is 5.80.